The summed E-state index contributed by atoms with van der Waals surface area (Å²) in [5, 5.41) is 6.27. The summed E-state index contributed by atoms with van der Waals surface area (Å²) in [5.74, 6) is 0.319. The van der Waals surface area contributed by atoms with Crippen molar-refractivity contribution < 1.29 is 19.1 Å². The molecule has 3 rings (SSSR count). The molecule has 38 heavy (non-hydrogen) atoms. The third kappa shape index (κ3) is 7.26. The minimum Gasteiger partial charge on any atom is -0.444 e. The maximum absolute atomic E-state index is 12.6. The molecule has 0 saturated heterocycles. The van der Waals surface area contributed by atoms with Crippen LogP contribution < -0.4 is 16.4 Å². The number of amides is 3. The maximum atomic E-state index is 12.6. The van der Waals surface area contributed by atoms with Crippen LogP contribution in [-0.2, 0) is 20.7 Å². The van der Waals surface area contributed by atoms with Gasteiger partial charge in [-0.3, -0.25) is 14.5 Å². The Morgan fingerprint density at radius 1 is 1.26 bits per heavy atom. The van der Waals surface area contributed by atoms with E-state index in [1.807, 2.05) is 31.3 Å². The highest BCUT2D eigenvalue weighted by Crippen LogP contribution is 2.39. The zero-order chi connectivity index (χ0) is 28.2. The zero-order valence-corrected chi connectivity index (χ0v) is 23.6. The molecule has 2 atom stereocenters. The Labute approximate surface area is 225 Å². The average molecular weight is 527 g/mol. The normalized spacial score (nSPS) is 18.4. The van der Waals surface area contributed by atoms with Crippen molar-refractivity contribution in [2.45, 2.75) is 78.0 Å². The minimum atomic E-state index is -0.674. The second-order valence-electron chi connectivity index (χ2n) is 11.0. The van der Waals surface area contributed by atoms with E-state index in [0.29, 0.717) is 24.7 Å². The zero-order valence-electron chi connectivity index (χ0n) is 23.6. The predicted molar refractivity (Wildman–Crippen MR) is 148 cm³/mol. The van der Waals surface area contributed by atoms with Crippen LogP contribution in [-0.4, -0.2) is 71.7 Å². The highest BCUT2D eigenvalue weighted by molar-refractivity contribution is 6.01. The van der Waals surface area contributed by atoms with E-state index in [2.05, 4.69) is 27.4 Å². The number of carbonyl (C=O) groups excluding carboxylic acids is 3. The summed E-state index contributed by atoms with van der Waals surface area (Å²) in [4.78, 5) is 45.2. The van der Waals surface area contributed by atoms with Gasteiger partial charge in [-0.25, -0.2) is 9.79 Å². The lowest BCUT2D eigenvalue weighted by molar-refractivity contribution is -0.125. The standard InChI is InChI=1S/C28H42N6O4/c1-8-21-23(19-12-13-19)34(7)25(22(32-21)24(29)35)31-20-11-9-10-18(16-20)14-15-30-26(36)17(2)33(6)27(37)38-28(3,4)5/h9-11,16-17,19,23,31H,8,12-15H2,1-7H3,(H2,29,35)(H,30,36)/t17-,23?/m1/s1. The smallest absolute Gasteiger partial charge is 0.410 e. The van der Waals surface area contributed by atoms with E-state index in [0.717, 1.165) is 36.2 Å². The van der Waals surface area contributed by atoms with Crippen molar-refractivity contribution in [1.29, 1.82) is 0 Å². The number of nitrogens with two attached hydrogens (primary N) is 1. The quantitative estimate of drug-likeness (QED) is 0.429. The summed E-state index contributed by atoms with van der Waals surface area (Å²) in [5.41, 5.74) is 8.10. The van der Waals surface area contributed by atoms with Crippen LogP contribution in [0, 0.1) is 5.92 Å². The van der Waals surface area contributed by atoms with Crippen LogP contribution >= 0.6 is 0 Å². The minimum absolute atomic E-state index is 0.157. The number of likely N-dealkylation sites (N-methyl/N-ethyl adjacent to an activating group) is 1. The Kier molecular flexibility index (Phi) is 9.06. The number of anilines is 1. The molecule has 3 amide bonds. The van der Waals surface area contributed by atoms with E-state index in [9.17, 15) is 14.4 Å². The highest BCUT2D eigenvalue weighted by Gasteiger charge is 2.41. The molecule has 208 valence electrons. The maximum Gasteiger partial charge on any atom is 0.410 e. The number of ether oxygens (including phenoxy) is 1. The number of rotatable bonds is 10. The number of carbonyl (C=O) groups is 3. The van der Waals surface area contributed by atoms with Gasteiger partial charge in [-0.05, 0) is 77.0 Å². The molecule has 1 fully saturated rings. The van der Waals surface area contributed by atoms with Crippen LogP contribution in [0.25, 0.3) is 0 Å². The average Bonchev–Trinajstić information content (AvgIpc) is 3.68. The molecule has 1 aliphatic carbocycles. The van der Waals surface area contributed by atoms with Gasteiger partial charge in [0.25, 0.3) is 5.91 Å². The molecular weight excluding hydrogens is 484 g/mol. The molecule has 1 aliphatic heterocycles. The molecule has 1 unspecified atom stereocenters. The number of nitrogens with zero attached hydrogens (tertiary/aromatic N) is 3. The van der Waals surface area contributed by atoms with E-state index in [-0.39, 0.29) is 17.6 Å². The van der Waals surface area contributed by atoms with Crippen LogP contribution in [0.2, 0.25) is 0 Å². The van der Waals surface area contributed by atoms with Gasteiger partial charge in [0.2, 0.25) is 5.91 Å². The van der Waals surface area contributed by atoms with Crippen molar-refractivity contribution in [3.63, 3.8) is 0 Å². The van der Waals surface area contributed by atoms with Gasteiger partial charge in [-0.1, -0.05) is 19.1 Å². The highest BCUT2D eigenvalue weighted by atomic mass is 16.6. The molecule has 2 aliphatic rings. The fraction of sp³-hybridized carbons (Fsp3) is 0.571. The van der Waals surface area contributed by atoms with Crippen molar-refractivity contribution >= 4 is 29.3 Å². The Hall–Kier alpha value is -3.56. The molecule has 0 radical (unpaired) electrons. The van der Waals surface area contributed by atoms with E-state index in [4.69, 9.17) is 10.5 Å². The predicted octanol–water partition coefficient (Wildman–Crippen LogP) is 3.24. The molecule has 1 heterocycles. The fourth-order valence-corrected chi connectivity index (χ4v) is 4.49. The van der Waals surface area contributed by atoms with Crippen molar-refractivity contribution in [3.05, 3.63) is 41.3 Å². The van der Waals surface area contributed by atoms with E-state index < -0.39 is 23.6 Å². The SMILES string of the molecule is CCC1=NC(C(N)=O)=C(Nc2cccc(CCNC(=O)[C@@H](C)N(C)C(=O)OC(C)(C)C)c2)N(C)C1C1CC1. The second kappa shape index (κ2) is 11.9. The number of hydrogen-bond acceptors (Lipinski definition) is 7. The van der Waals surface area contributed by atoms with Crippen molar-refractivity contribution in [2.75, 3.05) is 26.0 Å². The summed E-state index contributed by atoms with van der Waals surface area (Å²) < 4.78 is 5.34. The molecule has 0 spiro atoms. The molecule has 0 bridgehead atoms. The molecule has 10 heteroatoms. The molecule has 4 N–H and O–H groups in total. The fourth-order valence-electron chi connectivity index (χ4n) is 4.49. The summed E-state index contributed by atoms with van der Waals surface area (Å²) in [7, 11) is 3.53. The third-order valence-corrected chi connectivity index (χ3v) is 6.80. The van der Waals surface area contributed by atoms with E-state index >= 15 is 0 Å². The van der Waals surface area contributed by atoms with Gasteiger partial charge in [0.05, 0.1) is 6.04 Å². The van der Waals surface area contributed by atoms with Crippen LogP contribution in [0.1, 0.15) is 59.4 Å². The first kappa shape index (κ1) is 29.0. The van der Waals surface area contributed by atoms with Gasteiger partial charge >= 0.3 is 6.09 Å². The number of benzene rings is 1. The van der Waals surface area contributed by atoms with E-state index in [1.165, 1.54) is 4.90 Å². The second-order valence-corrected chi connectivity index (χ2v) is 11.0. The summed E-state index contributed by atoms with van der Waals surface area (Å²) in [6, 6.07) is 7.28. The Morgan fingerprint density at radius 2 is 1.95 bits per heavy atom. The Bertz CT molecular complexity index is 1120. The Morgan fingerprint density at radius 3 is 2.53 bits per heavy atom. The lowest BCUT2D eigenvalue weighted by Crippen LogP contribution is -2.47. The number of aliphatic imine (C=N–C) groups is 1. The molecule has 1 aromatic rings. The summed E-state index contributed by atoms with van der Waals surface area (Å²) in [6.45, 7) is 9.46. The first-order valence-electron chi connectivity index (χ1n) is 13.3. The van der Waals surface area contributed by atoms with Crippen LogP contribution in [0.5, 0.6) is 0 Å². The van der Waals surface area contributed by atoms with Crippen molar-refractivity contribution in [3.8, 4) is 0 Å². The van der Waals surface area contributed by atoms with E-state index in [1.54, 1.807) is 34.7 Å². The third-order valence-electron chi connectivity index (χ3n) is 6.80. The first-order chi connectivity index (χ1) is 17.8. The monoisotopic (exact) mass is 526 g/mol. The molecule has 0 aromatic heterocycles. The molecular formula is C28H42N6O4. The number of nitrogens with one attached hydrogen (secondary N) is 2. The van der Waals surface area contributed by atoms with Crippen LogP contribution in [0.4, 0.5) is 10.5 Å². The van der Waals surface area contributed by atoms with Gasteiger partial charge in [0.15, 0.2) is 5.70 Å². The largest absolute Gasteiger partial charge is 0.444 e. The Balaban J connectivity index is 1.64. The lowest BCUT2D eigenvalue weighted by atomic mass is 10.0. The van der Waals surface area contributed by atoms with Crippen molar-refractivity contribution in [1.82, 2.24) is 15.1 Å². The van der Waals surface area contributed by atoms with Gasteiger partial charge < -0.3 is 26.0 Å². The van der Waals surface area contributed by atoms with Crippen LogP contribution in [0.3, 0.4) is 0 Å². The number of primary amides is 1. The lowest BCUT2D eigenvalue weighted by Gasteiger charge is -2.37. The first-order valence-corrected chi connectivity index (χ1v) is 13.3. The van der Waals surface area contributed by atoms with Gasteiger partial charge in [0.1, 0.15) is 17.5 Å². The van der Waals surface area contributed by atoms with Crippen LogP contribution in [0.15, 0.2) is 40.8 Å². The van der Waals surface area contributed by atoms with Gasteiger partial charge in [-0.2, -0.15) is 0 Å². The number of hydrogen-bond donors (Lipinski definition) is 3. The van der Waals surface area contributed by atoms with Crippen molar-refractivity contribution in [2.24, 2.45) is 16.6 Å². The van der Waals surface area contributed by atoms with Gasteiger partial charge in [-0.15, -0.1) is 0 Å². The summed E-state index contributed by atoms with van der Waals surface area (Å²) >= 11 is 0. The van der Waals surface area contributed by atoms with Gasteiger partial charge in [0, 0.05) is 32.0 Å². The summed E-state index contributed by atoms with van der Waals surface area (Å²) in [6.07, 6.45) is 3.12. The topological polar surface area (TPSA) is 129 Å². The molecule has 1 aromatic carbocycles. The molecule has 1 saturated carbocycles. The molecule has 10 nitrogen and oxygen atoms in total.